The first kappa shape index (κ1) is 42.0. The fourth-order valence-electron chi connectivity index (χ4n) is 11.9. The molecule has 0 amide bonds. The quantitative estimate of drug-likeness (QED) is 0.169. The number of pyridine rings is 1. The van der Waals surface area contributed by atoms with Gasteiger partial charge < -0.3 is 5.32 Å². The number of nitrogens with one attached hydrogen (secondary N) is 1. The van der Waals surface area contributed by atoms with Crippen LogP contribution < -0.4 is 5.32 Å². The maximum absolute atomic E-state index is 5.67. The first-order valence-electron chi connectivity index (χ1n) is 25.5. The monoisotopic (exact) mass is 939 g/mol. The summed E-state index contributed by atoms with van der Waals surface area (Å²) in [5, 5.41) is 22.3. The van der Waals surface area contributed by atoms with E-state index in [2.05, 4.69) is 266 Å². The number of rotatable bonds is 6. The molecule has 344 valence electrons. The number of hydrogen-bond donors (Lipinski definition) is 1. The van der Waals surface area contributed by atoms with Gasteiger partial charge in [-0.25, -0.2) is 4.98 Å². The summed E-state index contributed by atoms with van der Waals surface area (Å²) in [4.78, 5) is 11.0. The molecule has 13 aromatic carbocycles. The second kappa shape index (κ2) is 17.0. The molecule has 0 aliphatic carbocycles. The van der Waals surface area contributed by atoms with Gasteiger partial charge in [-0.3, -0.25) is 4.99 Å². The largest absolute Gasteiger partial charge is 0.360 e. The molecule has 2 heterocycles. The maximum Gasteiger partial charge on any atom is 0.145 e. The summed E-state index contributed by atoms with van der Waals surface area (Å²) in [5.41, 5.74) is 12.9. The molecule has 0 saturated carbocycles. The third kappa shape index (κ3) is 6.82. The molecule has 3 nitrogen and oxygen atoms in total. The number of aliphatic imine (C=N–C) groups is 1. The second-order valence-electron chi connectivity index (χ2n) is 19.6. The van der Waals surface area contributed by atoms with Gasteiger partial charge in [0, 0.05) is 22.0 Å². The van der Waals surface area contributed by atoms with Gasteiger partial charge in [-0.05, 0) is 139 Å². The summed E-state index contributed by atoms with van der Waals surface area (Å²) in [6.07, 6.45) is 1.88. The molecule has 3 heteroatoms. The van der Waals surface area contributed by atoms with Gasteiger partial charge >= 0.3 is 0 Å². The van der Waals surface area contributed by atoms with Crippen molar-refractivity contribution in [1.29, 1.82) is 0 Å². The average Bonchev–Trinajstić information content (AvgIpc) is 3.52. The molecule has 14 aromatic rings. The van der Waals surface area contributed by atoms with E-state index >= 15 is 0 Å². The van der Waals surface area contributed by atoms with Crippen molar-refractivity contribution in [1.82, 2.24) is 10.3 Å². The SMILES string of the molecule is C1=C(c2ccccc2)NC(c2ccc(-c3cc(-c4ccc5c6ccccc6c6ccccc6c5c4)c4cc(-c5ccc6c7ccccc7c7ccccc7c6c5)c5ccccc5c4n3)cc2)N=C1c1ccccc1. The lowest BCUT2D eigenvalue weighted by Crippen LogP contribution is -2.24. The number of benzene rings is 13. The topological polar surface area (TPSA) is 37.3 Å². The molecule has 1 aliphatic rings. The van der Waals surface area contributed by atoms with E-state index in [1.54, 1.807) is 0 Å². The van der Waals surface area contributed by atoms with E-state index in [-0.39, 0.29) is 6.17 Å². The van der Waals surface area contributed by atoms with Crippen molar-refractivity contribution in [3.8, 4) is 33.5 Å². The van der Waals surface area contributed by atoms with Crippen molar-refractivity contribution in [2.24, 2.45) is 4.99 Å². The molecule has 0 saturated heterocycles. The highest BCUT2D eigenvalue weighted by atomic mass is 15.1. The van der Waals surface area contributed by atoms with Crippen LogP contribution in [-0.2, 0) is 0 Å². The van der Waals surface area contributed by atoms with Gasteiger partial charge in [0.25, 0.3) is 0 Å². The van der Waals surface area contributed by atoms with E-state index < -0.39 is 0 Å². The van der Waals surface area contributed by atoms with Gasteiger partial charge in [0.2, 0.25) is 0 Å². The molecule has 1 aliphatic heterocycles. The Morgan fingerprint density at radius 3 is 1.20 bits per heavy atom. The van der Waals surface area contributed by atoms with E-state index in [4.69, 9.17) is 9.98 Å². The molecular formula is C71H45N3. The molecule has 0 fully saturated rings. The number of nitrogens with zero attached hydrogens (tertiary/aromatic N) is 2. The zero-order valence-electron chi connectivity index (χ0n) is 40.3. The molecule has 1 aromatic heterocycles. The first-order chi connectivity index (χ1) is 36.7. The zero-order chi connectivity index (χ0) is 48.7. The van der Waals surface area contributed by atoms with E-state index in [1.165, 1.54) is 81.1 Å². The van der Waals surface area contributed by atoms with Gasteiger partial charge in [0.1, 0.15) is 6.17 Å². The predicted octanol–water partition coefficient (Wildman–Crippen LogP) is 18.4. The van der Waals surface area contributed by atoms with Crippen molar-refractivity contribution in [3.63, 3.8) is 0 Å². The molecule has 0 radical (unpaired) electrons. The zero-order valence-corrected chi connectivity index (χ0v) is 40.3. The van der Waals surface area contributed by atoms with E-state index in [9.17, 15) is 0 Å². The summed E-state index contributed by atoms with van der Waals surface area (Å²) in [6.45, 7) is 0. The minimum absolute atomic E-state index is 0.280. The fraction of sp³-hybridized carbons (Fsp3) is 0.0141. The van der Waals surface area contributed by atoms with Crippen LogP contribution in [0.15, 0.2) is 266 Å². The van der Waals surface area contributed by atoms with Crippen molar-refractivity contribution < 1.29 is 0 Å². The predicted molar refractivity (Wildman–Crippen MR) is 314 cm³/mol. The lowest BCUT2D eigenvalue weighted by molar-refractivity contribution is 0.664. The Labute approximate surface area is 428 Å². The first-order valence-corrected chi connectivity index (χ1v) is 25.5. The Balaban J connectivity index is 0.939. The van der Waals surface area contributed by atoms with Crippen LogP contribution in [0.3, 0.4) is 0 Å². The summed E-state index contributed by atoms with van der Waals surface area (Å²) in [5.74, 6) is 0. The van der Waals surface area contributed by atoms with Gasteiger partial charge in [-0.2, -0.15) is 0 Å². The van der Waals surface area contributed by atoms with Crippen molar-refractivity contribution in [2.75, 3.05) is 0 Å². The van der Waals surface area contributed by atoms with E-state index in [1.807, 2.05) is 0 Å². The molecule has 74 heavy (non-hydrogen) atoms. The summed E-state index contributed by atoms with van der Waals surface area (Å²) in [7, 11) is 0. The summed E-state index contributed by atoms with van der Waals surface area (Å²) < 4.78 is 0. The van der Waals surface area contributed by atoms with Crippen LogP contribution in [0.1, 0.15) is 22.9 Å². The maximum atomic E-state index is 5.67. The van der Waals surface area contributed by atoms with Crippen molar-refractivity contribution in [2.45, 2.75) is 6.17 Å². The third-order valence-electron chi connectivity index (χ3n) is 15.4. The molecule has 0 bridgehead atoms. The Morgan fingerprint density at radius 1 is 0.284 bits per heavy atom. The standard InChI is InChI=1S/C71H45N3/c1-3-17-44(18-4-1)68-43-69(45-19-5-2-6-20-45)74-71(73-68)47-33-31-46(32-34-47)67-42-63(49-36-38-60-55-26-10-8-22-51(55)53-24-12-14-28-57(53)65(60)40-49)66-41-62(58-29-15-16-30-61(58)70(66)72-67)48-35-37-59-54-25-9-7-21-50(54)52-23-11-13-27-56(52)64(59)39-48/h1-43,71,73H. The third-order valence-corrected chi connectivity index (χ3v) is 15.4. The van der Waals surface area contributed by atoms with Gasteiger partial charge in [-0.15, -0.1) is 0 Å². The lowest BCUT2D eigenvalue weighted by Gasteiger charge is -2.25. The fourth-order valence-corrected chi connectivity index (χ4v) is 11.9. The molecular weight excluding hydrogens is 895 g/mol. The molecule has 15 rings (SSSR count). The van der Waals surface area contributed by atoms with Crippen LogP contribution in [0.5, 0.6) is 0 Å². The Hall–Kier alpha value is -9.70. The van der Waals surface area contributed by atoms with E-state index in [0.717, 1.165) is 66.8 Å². The van der Waals surface area contributed by atoms with Gasteiger partial charge in [0.15, 0.2) is 0 Å². The smallest absolute Gasteiger partial charge is 0.145 e. The van der Waals surface area contributed by atoms with Gasteiger partial charge in [0.05, 0.1) is 16.9 Å². The number of hydrogen-bond acceptors (Lipinski definition) is 3. The number of fused-ring (bicyclic) bond motifs is 15. The van der Waals surface area contributed by atoms with Crippen LogP contribution in [0.4, 0.5) is 0 Å². The Kier molecular flexibility index (Phi) is 9.64. The highest BCUT2D eigenvalue weighted by Crippen LogP contribution is 2.45. The van der Waals surface area contributed by atoms with Crippen LogP contribution in [-0.4, -0.2) is 10.7 Å². The van der Waals surface area contributed by atoms with Gasteiger partial charge in [-0.1, -0.05) is 231 Å². The van der Waals surface area contributed by atoms with Crippen LogP contribution in [0, 0.1) is 0 Å². The average molecular weight is 940 g/mol. The summed E-state index contributed by atoms with van der Waals surface area (Å²) >= 11 is 0. The van der Waals surface area contributed by atoms with Crippen molar-refractivity contribution >= 4 is 97.7 Å². The molecule has 1 atom stereocenters. The Morgan fingerprint density at radius 2 is 0.689 bits per heavy atom. The Bertz CT molecular complexity index is 4600. The van der Waals surface area contributed by atoms with Crippen LogP contribution >= 0.6 is 0 Å². The minimum atomic E-state index is -0.280. The molecule has 1 unspecified atom stereocenters. The minimum Gasteiger partial charge on any atom is -0.360 e. The number of aromatic nitrogens is 1. The normalized spacial score (nSPS) is 13.8. The highest BCUT2D eigenvalue weighted by Gasteiger charge is 2.22. The van der Waals surface area contributed by atoms with Crippen LogP contribution in [0.25, 0.3) is 126 Å². The molecule has 0 spiro atoms. The lowest BCUT2D eigenvalue weighted by atomic mass is 9.88. The van der Waals surface area contributed by atoms with Crippen molar-refractivity contribution in [3.05, 3.63) is 278 Å². The van der Waals surface area contributed by atoms with E-state index in [0.29, 0.717) is 0 Å². The second-order valence-corrected chi connectivity index (χ2v) is 19.6. The summed E-state index contributed by atoms with van der Waals surface area (Å²) in [6, 6.07) is 92.8. The molecule has 1 N–H and O–H groups in total. The van der Waals surface area contributed by atoms with Crippen LogP contribution in [0.2, 0.25) is 0 Å². The highest BCUT2D eigenvalue weighted by molar-refractivity contribution is 6.28. The number of allylic oxidation sites excluding steroid dienone is 1.